The molecule has 0 aliphatic carbocycles. The van der Waals surface area contributed by atoms with E-state index in [0.717, 1.165) is 0 Å². The Morgan fingerprint density at radius 1 is 1.67 bits per heavy atom. The molecule has 0 amide bonds. The fourth-order valence-corrected chi connectivity index (χ4v) is 2.10. The second kappa shape index (κ2) is 5.53. The first-order valence-electron chi connectivity index (χ1n) is 5.35. The normalized spacial score (nSPS) is 24.2. The minimum Gasteiger partial charge on any atom is -0.383 e. The summed E-state index contributed by atoms with van der Waals surface area (Å²) in [5, 5.41) is 0. The number of nitrogens with zero attached hydrogens (tertiary/aromatic N) is 2. The third-order valence-electron chi connectivity index (χ3n) is 2.62. The Balaban J connectivity index is 2.00. The first-order chi connectivity index (χ1) is 8.56. The lowest BCUT2D eigenvalue weighted by molar-refractivity contribution is -0.0202. The van der Waals surface area contributed by atoms with Crippen LogP contribution >= 0.6 is 8.25 Å². The predicted molar refractivity (Wildman–Crippen MR) is 61.8 cm³/mol. The number of anilines is 1. The maximum absolute atomic E-state index is 11.6. The summed E-state index contributed by atoms with van der Waals surface area (Å²) in [5.41, 5.74) is 4.91. The Morgan fingerprint density at radius 3 is 3.11 bits per heavy atom. The van der Waals surface area contributed by atoms with E-state index in [4.69, 9.17) is 15.4 Å². The van der Waals surface area contributed by atoms with Crippen molar-refractivity contribution < 1.29 is 18.7 Å². The van der Waals surface area contributed by atoms with E-state index < -0.39 is 20.2 Å². The maximum Gasteiger partial charge on any atom is 0.694 e. The molecule has 1 fully saturated rings. The Labute approximate surface area is 103 Å². The standard InChI is InChI=1S/C9H12N3O5P/c10-7-3-4-12(9(13)11-7)8-2-1-6(17-8)5-16-18(14)15/h3-4,6,8H,1-2,5H2,(H2-,10,11,13,14,15)/p+1/t6-,8?/m0/s1. The zero-order valence-corrected chi connectivity index (χ0v) is 10.3. The first kappa shape index (κ1) is 13.1. The maximum atomic E-state index is 11.6. The third kappa shape index (κ3) is 3.11. The molecule has 2 heterocycles. The van der Waals surface area contributed by atoms with Gasteiger partial charge in [-0.15, -0.1) is 9.42 Å². The Morgan fingerprint density at radius 2 is 2.44 bits per heavy atom. The third-order valence-corrected chi connectivity index (χ3v) is 2.99. The highest BCUT2D eigenvalue weighted by atomic mass is 31.1. The van der Waals surface area contributed by atoms with Crippen LogP contribution in [0.15, 0.2) is 17.1 Å². The molecule has 18 heavy (non-hydrogen) atoms. The molecule has 0 spiro atoms. The van der Waals surface area contributed by atoms with Crippen LogP contribution in [-0.2, 0) is 13.8 Å². The van der Waals surface area contributed by atoms with Gasteiger partial charge >= 0.3 is 13.9 Å². The number of hydrogen-bond acceptors (Lipinski definition) is 6. The second-order valence-corrected chi connectivity index (χ2v) is 4.60. The lowest BCUT2D eigenvalue weighted by atomic mass is 10.2. The molecule has 3 N–H and O–H groups in total. The van der Waals surface area contributed by atoms with Crippen molar-refractivity contribution in [2.75, 3.05) is 12.3 Å². The van der Waals surface area contributed by atoms with Crippen LogP contribution in [0.25, 0.3) is 0 Å². The van der Waals surface area contributed by atoms with Gasteiger partial charge in [0, 0.05) is 10.8 Å². The van der Waals surface area contributed by atoms with Crippen molar-refractivity contribution >= 4 is 14.1 Å². The van der Waals surface area contributed by atoms with E-state index in [1.165, 1.54) is 16.8 Å². The predicted octanol–water partition coefficient (Wildman–Crippen LogP) is 0.169. The van der Waals surface area contributed by atoms with Gasteiger partial charge < -0.3 is 10.5 Å². The number of nitrogens with two attached hydrogens (primary N) is 1. The second-order valence-electron chi connectivity index (χ2n) is 3.87. The number of aromatic nitrogens is 2. The smallest absolute Gasteiger partial charge is 0.383 e. The molecule has 1 aromatic heterocycles. The van der Waals surface area contributed by atoms with E-state index in [1.54, 1.807) is 0 Å². The average molecular weight is 274 g/mol. The summed E-state index contributed by atoms with van der Waals surface area (Å²) in [5.74, 6) is 0.159. The van der Waals surface area contributed by atoms with Crippen LogP contribution in [0.4, 0.5) is 5.82 Å². The quantitative estimate of drug-likeness (QED) is 0.751. The monoisotopic (exact) mass is 274 g/mol. The molecule has 3 atom stereocenters. The number of hydrogen-bond donors (Lipinski definition) is 2. The summed E-state index contributed by atoms with van der Waals surface area (Å²) >= 11 is 0. The van der Waals surface area contributed by atoms with E-state index in [9.17, 15) is 9.36 Å². The van der Waals surface area contributed by atoms with Gasteiger partial charge in [-0.2, -0.15) is 4.98 Å². The molecule has 1 aliphatic rings. The lowest BCUT2D eigenvalue weighted by Gasteiger charge is -2.14. The summed E-state index contributed by atoms with van der Waals surface area (Å²) in [6.45, 7) is 0.0271. The molecular weight excluding hydrogens is 261 g/mol. The van der Waals surface area contributed by atoms with Crippen LogP contribution < -0.4 is 11.4 Å². The van der Waals surface area contributed by atoms with Crippen molar-refractivity contribution in [3.8, 4) is 0 Å². The zero-order chi connectivity index (χ0) is 13.1. The number of nitrogen functional groups attached to an aromatic ring is 1. The van der Waals surface area contributed by atoms with Gasteiger partial charge in [-0.25, -0.2) is 4.79 Å². The first-order valence-corrected chi connectivity index (χ1v) is 6.48. The molecule has 1 aromatic rings. The van der Waals surface area contributed by atoms with Gasteiger partial charge in [-0.1, -0.05) is 0 Å². The van der Waals surface area contributed by atoms with Gasteiger partial charge in [-0.05, 0) is 18.9 Å². The molecule has 2 unspecified atom stereocenters. The van der Waals surface area contributed by atoms with Gasteiger partial charge in [0.05, 0.1) is 6.10 Å². The molecule has 0 bridgehead atoms. The summed E-state index contributed by atoms with van der Waals surface area (Å²) in [7, 11) is -2.62. The van der Waals surface area contributed by atoms with Crippen molar-refractivity contribution in [2.24, 2.45) is 0 Å². The molecular formula is C9H13N3O5P+. The van der Waals surface area contributed by atoms with E-state index >= 15 is 0 Å². The molecule has 1 saturated heterocycles. The molecule has 9 heteroatoms. The van der Waals surface area contributed by atoms with Crippen LogP contribution in [0.2, 0.25) is 0 Å². The molecule has 0 aromatic carbocycles. The van der Waals surface area contributed by atoms with Crippen molar-refractivity contribution in [1.82, 2.24) is 9.55 Å². The van der Waals surface area contributed by atoms with Gasteiger partial charge in [-0.3, -0.25) is 4.57 Å². The van der Waals surface area contributed by atoms with Crippen molar-refractivity contribution in [3.05, 3.63) is 22.7 Å². The largest absolute Gasteiger partial charge is 0.694 e. The fourth-order valence-electron chi connectivity index (χ4n) is 1.81. The molecule has 0 radical (unpaired) electrons. The highest BCUT2D eigenvalue weighted by molar-refractivity contribution is 7.32. The number of ether oxygens (including phenoxy) is 1. The highest BCUT2D eigenvalue weighted by Gasteiger charge is 2.30. The van der Waals surface area contributed by atoms with E-state index in [2.05, 4.69) is 9.51 Å². The zero-order valence-electron chi connectivity index (χ0n) is 9.43. The van der Waals surface area contributed by atoms with Crippen LogP contribution in [-0.4, -0.2) is 27.2 Å². The summed E-state index contributed by atoms with van der Waals surface area (Å²) in [6, 6.07) is 1.51. The van der Waals surface area contributed by atoms with Gasteiger partial charge in [0.25, 0.3) is 0 Å². The molecule has 1 aliphatic heterocycles. The van der Waals surface area contributed by atoms with E-state index in [0.29, 0.717) is 12.8 Å². The van der Waals surface area contributed by atoms with Gasteiger partial charge in [0.2, 0.25) is 0 Å². The SMILES string of the molecule is Nc1ccn(C2CC[C@@H](CO[P+](=O)O)O2)c(=O)n1. The van der Waals surface area contributed by atoms with Crippen molar-refractivity contribution in [2.45, 2.75) is 25.2 Å². The fraction of sp³-hybridized carbons (Fsp3) is 0.556. The summed E-state index contributed by atoms with van der Waals surface area (Å²) in [6.07, 6.45) is 2.04. The van der Waals surface area contributed by atoms with E-state index in [-0.39, 0.29) is 18.5 Å². The molecule has 2 rings (SSSR count). The molecule has 0 saturated carbocycles. The summed E-state index contributed by atoms with van der Waals surface area (Å²) in [4.78, 5) is 23.7. The average Bonchev–Trinajstić information content (AvgIpc) is 2.75. The van der Waals surface area contributed by atoms with Crippen molar-refractivity contribution in [3.63, 3.8) is 0 Å². The Hall–Kier alpha value is -1.34. The minimum atomic E-state index is -2.62. The van der Waals surface area contributed by atoms with Crippen LogP contribution in [0, 0.1) is 0 Å². The topological polar surface area (TPSA) is 117 Å². The lowest BCUT2D eigenvalue weighted by Crippen LogP contribution is -2.27. The van der Waals surface area contributed by atoms with Crippen LogP contribution in [0.5, 0.6) is 0 Å². The van der Waals surface area contributed by atoms with Crippen molar-refractivity contribution in [1.29, 1.82) is 0 Å². The molecule has 98 valence electrons. The molecule has 8 nitrogen and oxygen atoms in total. The van der Waals surface area contributed by atoms with E-state index in [1.807, 2.05) is 0 Å². The van der Waals surface area contributed by atoms with Crippen LogP contribution in [0.3, 0.4) is 0 Å². The van der Waals surface area contributed by atoms with Crippen LogP contribution in [0.1, 0.15) is 19.1 Å². The minimum absolute atomic E-state index is 0.0271. The summed E-state index contributed by atoms with van der Waals surface area (Å²) < 4.78 is 21.8. The Bertz CT molecular complexity index is 505. The van der Waals surface area contributed by atoms with Gasteiger partial charge in [0.15, 0.2) is 0 Å². The highest BCUT2D eigenvalue weighted by Crippen LogP contribution is 2.29. The number of rotatable bonds is 4. The van der Waals surface area contributed by atoms with Gasteiger partial charge in [0.1, 0.15) is 18.7 Å². The Kier molecular flexibility index (Phi) is 4.03.